The first-order valence-corrected chi connectivity index (χ1v) is 6.33. The number of ether oxygens (including phenoxy) is 1. The van der Waals surface area contributed by atoms with Crippen LogP contribution < -0.4 is 5.32 Å². The highest BCUT2D eigenvalue weighted by Gasteiger charge is 2.16. The molecule has 0 unspecified atom stereocenters. The molecule has 1 N–H and O–H groups in total. The Labute approximate surface area is 117 Å². The molecule has 19 heavy (non-hydrogen) atoms. The summed E-state index contributed by atoms with van der Waals surface area (Å²) < 4.78 is 4.56. The van der Waals surface area contributed by atoms with Crippen LogP contribution in [0.1, 0.15) is 13.3 Å². The second kappa shape index (κ2) is 7.63. The molecule has 5 nitrogen and oxygen atoms in total. The lowest BCUT2D eigenvalue weighted by molar-refractivity contribution is -0.141. The zero-order valence-electron chi connectivity index (χ0n) is 11.0. The highest BCUT2D eigenvalue weighted by atomic mass is 35.5. The van der Waals surface area contributed by atoms with Crippen molar-refractivity contribution in [1.82, 2.24) is 4.90 Å². The number of rotatable bonds is 5. The number of benzene rings is 1. The minimum Gasteiger partial charge on any atom is -0.468 e. The summed E-state index contributed by atoms with van der Waals surface area (Å²) >= 11 is 5.84. The molecule has 0 saturated heterocycles. The van der Waals surface area contributed by atoms with Gasteiger partial charge in [-0.2, -0.15) is 0 Å². The quantitative estimate of drug-likeness (QED) is 0.846. The third kappa shape index (κ3) is 5.18. The Hall–Kier alpha value is -1.75. The highest BCUT2D eigenvalue weighted by molar-refractivity contribution is 6.30. The normalized spacial score (nSPS) is 9.84. The summed E-state index contributed by atoms with van der Waals surface area (Å²) in [6, 6.07) is 6.47. The third-order valence-electron chi connectivity index (χ3n) is 2.40. The number of hydrogen-bond donors (Lipinski definition) is 1. The van der Waals surface area contributed by atoms with Crippen molar-refractivity contribution in [3.63, 3.8) is 0 Å². The van der Waals surface area contributed by atoms with Gasteiger partial charge in [-0.1, -0.05) is 24.6 Å². The number of hydrogen-bond acceptors (Lipinski definition) is 3. The number of anilines is 1. The largest absolute Gasteiger partial charge is 0.468 e. The molecule has 0 aliphatic heterocycles. The van der Waals surface area contributed by atoms with Crippen LogP contribution in [0.3, 0.4) is 0 Å². The number of carbonyl (C=O) groups is 2. The number of halogens is 1. The van der Waals surface area contributed by atoms with Crippen LogP contribution in [0.25, 0.3) is 0 Å². The zero-order valence-corrected chi connectivity index (χ0v) is 11.7. The second-order valence-electron chi connectivity index (χ2n) is 3.94. The molecule has 6 heteroatoms. The van der Waals surface area contributed by atoms with Gasteiger partial charge in [-0.25, -0.2) is 4.79 Å². The molecule has 0 bridgehead atoms. The Kier molecular flexibility index (Phi) is 6.15. The van der Waals surface area contributed by atoms with E-state index in [2.05, 4.69) is 10.1 Å². The maximum atomic E-state index is 12.0. The van der Waals surface area contributed by atoms with Gasteiger partial charge >= 0.3 is 12.0 Å². The molecule has 0 aliphatic carbocycles. The van der Waals surface area contributed by atoms with Crippen molar-refractivity contribution in [3.8, 4) is 0 Å². The molecule has 0 spiro atoms. The zero-order chi connectivity index (χ0) is 14.3. The number of amides is 2. The maximum absolute atomic E-state index is 12.0. The standard InChI is InChI=1S/C13H17ClN2O3/c1-3-7-16(9-12(17)19-2)13(18)15-11-6-4-5-10(14)8-11/h4-6,8H,3,7,9H2,1-2H3,(H,15,18). The van der Waals surface area contributed by atoms with Crippen molar-refractivity contribution >= 4 is 29.3 Å². The Balaban J connectivity index is 2.68. The fraction of sp³-hybridized carbons (Fsp3) is 0.385. The number of methoxy groups -OCH3 is 1. The summed E-state index contributed by atoms with van der Waals surface area (Å²) in [6.45, 7) is 2.33. The van der Waals surface area contributed by atoms with Crippen LogP contribution in [-0.2, 0) is 9.53 Å². The fourth-order valence-corrected chi connectivity index (χ4v) is 1.70. The van der Waals surface area contributed by atoms with E-state index in [4.69, 9.17) is 11.6 Å². The minimum absolute atomic E-state index is 0.0727. The lowest BCUT2D eigenvalue weighted by Gasteiger charge is -2.21. The average molecular weight is 285 g/mol. The Bertz CT molecular complexity index is 451. The summed E-state index contributed by atoms with van der Waals surface area (Å²) in [4.78, 5) is 24.7. The van der Waals surface area contributed by atoms with Gasteiger partial charge in [-0.15, -0.1) is 0 Å². The molecule has 2 amide bonds. The van der Waals surface area contributed by atoms with Crippen molar-refractivity contribution in [2.75, 3.05) is 25.5 Å². The lowest BCUT2D eigenvalue weighted by Crippen LogP contribution is -2.39. The van der Waals surface area contributed by atoms with E-state index in [-0.39, 0.29) is 12.6 Å². The van der Waals surface area contributed by atoms with Gasteiger partial charge < -0.3 is 15.0 Å². The summed E-state index contributed by atoms with van der Waals surface area (Å²) in [6.07, 6.45) is 0.750. The number of urea groups is 1. The van der Waals surface area contributed by atoms with Gasteiger partial charge in [0.25, 0.3) is 0 Å². The van der Waals surface area contributed by atoms with Crippen LogP contribution in [0, 0.1) is 0 Å². The average Bonchev–Trinajstić information content (AvgIpc) is 2.38. The van der Waals surface area contributed by atoms with Crippen molar-refractivity contribution in [2.24, 2.45) is 0 Å². The molecule has 1 rings (SSSR count). The number of esters is 1. The van der Waals surface area contributed by atoms with Crippen LogP contribution in [0.4, 0.5) is 10.5 Å². The summed E-state index contributed by atoms with van der Waals surface area (Å²) in [5, 5.41) is 3.23. The first-order valence-electron chi connectivity index (χ1n) is 5.95. The molecule has 1 aromatic carbocycles. The summed E-state index contributed by atoms with van der Waals surface area (Å²) in [7, 11) is 1.29. The van der Waals surface area contributed by atoms with Crippen LogP contribution in [0.15, 0.2) is 24.3 Å². The molecule has 0 heterocycles. The van der Waals surface area contributed by atoms with Gasteiger partial charge in [-0.3, -0.25) is 4.79 Å². The van der Waals surface area contributed by atoms with Gasteiger partial charge in [-0.05, 0) is 24.6 Å². The number of nitrogens with one attached hydrogen (secondary N) is 1. The SMILES string of the molecule is CCCN(CC(=O)OC)C(=O)Nc1cccc(Cl)c1. The first kappa shape index (κ1) is 15.3. The van der Waals surface area contributed by atoms with Crippen molar-refractivity contribution in [3.05, 3.63) is 29.3 Å². The molecule has 0 aliphatic rings. The van der Waals surface area contributed by atoms with Crippen LogP contribution >= 0.6 is 11.6 Å². The summed E-state index contributed by atoms with van der Waals surface area (Å²) in [5.41, 5.74) is 0.587. The first-order chi connectivity index (χ1) is 9.06. The fourth-order valence-electron chi connectivity index (χ4n) is 1.51. The van der Waals surface area contributed by atoms with Gasteiger partial charge in [0.05, 0.1) is 7.11 Å². The molecular formula is C13H17ClN2O3. The van der Waals surface area contributed by atoms with E-state index in [1.165, 1.54) is 12.0 Å². The third-order valence-corrected chi connectivity index (χ3v) is 2.64. The minimum atomic E-state index is -0.449. The smallest absolute Gasteiger partial charge is 0.325 e. The van der Waals surface area contributed by atoms with E-state index >= 15 is 0 Å². The van der Waals surface area contributed by atoms with Gasteiger partial charge in [0, 0.05) is 17.3 Å². The molecule has 104 valence electrons. The van der Waals surface area contributed by atoms with Crippen molar-refractivity contribution in [1.29, 1.82) is 0 Å². The van der Waals surface area contributed by atoms with Gasteiger partial charge in [0.15, 0.2) is 0 Å². The Morgan fingerprint density at radius 1 is 1.42 bits per heavy atom. The molecular weight excluding hydrogens is 268 g/mol. The Morgan fingerprint density at radius 3 is 2.74 bits per heavy atom. The molecule has 0 fully saturated rings. The second-order valence-corrected chi connectivity index (χ2v) is 4.37. The van der Waals surface area contributed by atoms with Crippen molar-refractivity contribution < 1.29 is 14.3 Å². The van der Waals surface area contributed by atoms with Crippen molar-refractivity contribution in [2.45, 2.75) is 13.3 Å². The van der Waals surface area contributed by atoms with Crippen LogP contribution in [-0.4, -0.2) is 37.1 Å². The highest BCUT2D eigenvalue weighted by Crippen LogP contribution is 2.15. The molecule has 0 atom stereocenters. The van der Waals surface area contributed by atoms with E-state index in [0.29, 0.717) is 17.3 Å². The van der Waals surface area contributed by atoms with Crippen LogP contribution in [0.2, 0.25) is 5.02 Å². The molecule has 0 saturated carbocycles. The van der Waals surface area contributed by atoms with E-state index in [1.807, 2.05) is 6.92 Å². The lowest BCUT2D eigenvalue weighted by atomic mass is 10.3. The predicted molar refractivity (Wildman–Crippen MR) is 74.4 cm³/mol. The van der Waals surface area contributed by atoms with Crippen LogP contribution in [0.5, 0.6) is 0 Å². The summed E-state index contributed by atoms with van der Waals surface area (Å²) in [5.74, 6) is -0.449. The van der Waals surface area contributed by atoms with Gasteiger partial charge in [0.2, 0.25) is 0 Å². The molecule has 0 aromatic heterocycles. The molecule has 1 aromatic rings. The topological polar surface area (TPSA) is 58.6 Å². The Morgan fingerprint density at radius 2 is 2.16 bits per heavy atom. The van der Waals surface area contributed by atoms with Gasteiger partial charge in [0.1, 0.15) is 6.54 Å². The number of carbonyl (C=O) groups excluding carboxylic acids is 2. The van der Waals surface area contributed by atoms with E-state index < -0.39 is 5.97 Å². The molecule has 0 radical (unpaired) electrons. The predicted octanol–water partition coefficient (Wildman–Crippen LogP) is 2.76. The maximum Gasteiger partial charge on any atom is 0.325 e. The number of nitrogens with zero attached hydrogens (tertiary/aromatic N) is 1. The monoisotopic (exact) mass is 284 g/mol. The van der Waals surface area contributed by atoms with E-state index in [0.717, 1.165) is 6.42 Å². The van der Waals surface area contributed by atoms with E-state index in [9.17, 15) is 9.59 Å². The van der Waals surface area contributed by atoms with E-state index in [1.54, 1.807) is 24.3 Å².